The number of amides is 2. The van der Waals surface area contributed by atoms with Crippen LogP contribution in [0.1, 0.15) is 12.0 Å². The Balaban J connectivity index is 1.72. The minimum Gasteiger partial charge on any atom is -0.389 e. The van der Waals surface area contributed by atoms with E-state index in [9.17, 15) is 19.1 Å². The van der Waals surface area contributed by atoms with Crippen molar-refractivity contribution in [3.05, 3.63) is 29.6 Å². The maximum Gasteiger partial charge on any atom is 0.228 e. The van der Waals surface area contributed by atoms with Crippen LogP contribution in [0.25, 0.3) is 0 Å². The third-order valence-corrected chi connectivity index (χ3v) is 4.10. The molecule has 0 spiro atoms. The number of carbonyl (C=O) groups is 2. The molecule has 0 radical (unpaired) electrons. The molecule has 2 saturated heterocycles. The van der Waals surface area contributed by atoms with Crippen LogP contribution in [0.2, 0.25) is 0 Å². The lowest BCUT2D eigenvalue weighted by Gasteiger charge is -2.37. The van der Waals surface area contributed by atoms with Crippen molar-refractivity contribution >= 4 is 17.5 Å². The lowest BCUT2D eigenvalue weighted by Crippen LogP contribution is -2.55. The number of hydrogen-bond acceptors (Lipinski definition) is 3. The third-order valence-electron chi connectivity index (χ3n) is 4.10. The van der Waals surface area contributed by atoms with E-state index < -0.39 is 6.10 Å². The molecule has 1 N–H and O–H groups in total. The summed E-state index contributed by atoms with van der Waals surface area (Å²) >= 11 is 0. The fraction of sp³-hybridized carbons (Fsp3) is 0.467. The normalized spacial score (nSPS) is 22.6. The third kappa shape index (κ3) is 2.51. The topological polar surface area (TPSA) is 60.9 Å². The van der Waals surface area contributed by atoms with Crippen molar-refractivity contribution in [1.29, 1.82) is 0 Å². The van der Waals surface area contributed by atoms with Crippen molar-refractivity contribution in [3.63, 3.8) is 0 Å². The van der Waals surface area contributed by atoms with Gasteiger partial charge < -0.3 is 14.9 Å². The molecule has 2 amide bonds. The molecule has 2 aliphatic heterocycles. The highest BCUT2D eigenvalue weighted by molar-refractivity contribution is 6.00. The van der Waals surface area contributed by atoms with E-state index in [1.54, 1.807) is 24.0 Å². The molecule has 2 heterocycles. The second kappa shape index (κ2) is 5.11. The van der Waals surface area contributed by atoms with Crippen LogP contribution in [0.5, 0.6) is 0 Å². The van der Waals surface area contributed by atoms with Crippen LogP contribution >= 0.6 is 0 Å². The maximum absolute atomic E-state index is 13.3. The summed E-state index contributed by atoms with van der Waals surface area (Å²) in [4.78, 5) is 27.4. The highest BCUT2D eigenvalue weighted by Gasteiger charge is 2.40. The van der Waals surface area contributed by atoms with Crippen LogP contribution in [-0.2, 0) is 9.59 Å². The Morgan fingerprint density at radius 2 is 2.05 bits per heavy atom. The predicted molar refractivity (Wildman–Crippen MR) is 74.2 cm³/mol. The first-order valence-corrected chi connectivity index (χ1v) is 6.99. The van der Waals surface area contributed by atoms with Gasteiger partial charge in [0.2, 0.25) is 11.8 Å². The van der Waals surface area contributed by atoms with Crippen LogP contribution in [0.4, 0.5) is 10.1 Å². The van der Waals surface area contributed by atoms with Crippen molar-refractivity contribution in [2.24, 2.45) is 5.92 Å². The minimum absolute atomic E-state index is 0.0880. The van der Waals surface area contributed by atoms with Gasteiger partial charge >= 0.3 is 0 Å². The van der Waals surface area contributed by atoms with E-state index in [0.717, 1.165) is 0 Å². The highest BCUT2D eigenvalue weighted by Crippen LogP contribution is 2.28. The van der Waals surface area contributed by atoms with Gasteiger partial charge in [0, 0.05) is 31.7 Å². The summed E-state index contributed by atoms with van der Waals surface area (Å²) < 4.78 is 13.3. The van der Waals surface area contributed by atoms with Crippen LogP contribution in [0.15, 0.2) is 18.2 Å². The highest BCUT2D eigenvalue weighted by atomic mass is 19.1. The van der Waals surface area contributed by atoms with Gasteiger partial charge in [0.05, 0.1) is 12.0 Å². The Bertz CT molecular complexity index is 599. The summed E-state index contributed by atoms with van der Waals surface area (Å²) in [7, 11) is 0. The van der Waals surface area contributed by atoms with E-state index in [0.29, 0.717) is 30.9 Å². The number of rotatable bonds is 2. The lowest BCUT2D eigenvalue weighted by molar-refractivity contribution is -0.145. The van der Waals surface area contributed by atoms with Gasteiger partial charge in [-0.05, 0) is 30.7 Å². The van der Waals surface area contributed by atoms with Gasteiger partial charge in [-0.25, -0.2) is 4.39 Å². The fourth-order valence-electron chi connectivity index (χ4n) is 2.81. The van der Waals surface area contributed by atoms with Gasteiger partial charge in [0.1, 0.15) is 5.82 Å². The van der Waals surface area contributed by atoms with Gasteiger partial charge in [-0.3, -0.25) is 9.59 Å². The molecule has 0 saturated carbocycles. The predicted octanol–water partition coefficient (Wildman–Crippen LogP) is 0.690. The van der Waals surface area contributed by atoms with Crippen molar-refractivity contribution < 1.29 is 19.1 Å². The molecule has 1 aromatic rings. The molecule has 112 valence electrons. The number of anilines is 1. The second-order valence-electron chi connectivity index (χ2n) is 5.74. The number of nitrogens with zero attached hydrogens (tertiary/aromatic N) is 2. The smallest absolute Gasteiger partial charge is 0.228 e. The molecule has 21 heavy (non-hydrogen) atoms. The van der Waals surface area contributed by atoms with Gasteiger partial charge in [-0.1, -0.05) is 0 Å². The maximum atomic E-state index is 13.3. The zero-order chi connectivity index (χ0) is 15.1. The van der Waals surface area contributed by atoms with E-state index in [1.165, 1.54) is 11.0 Å². The molecule has 3 rings (SSSR count). The molecule has 0 bridgehead atoms. The molecule has 1 aromatic carbocycles. The van der Waals surface area contributed by atoms with E-state index in [2.05, 4.69) is 0 Å². The number of aliphatic hydroxyl groups excluding tert-OH is 1. The Morgan fingerprint density at radius 1 is 1.33 bits per heavy atom. The van der Waals surface area contributed by atoms with Crippen molar-refractivity contribution in [2.75, 3.05) is 24.5 Å². The van der Waals surface area contributed by atoms with Gasteiger partial charge in [0.15, 0.2) is 0 Å². The van der Waals surface area contributed by atoms with E-state index in [1.807, 2.05) is 0 Å². The SMILES string of the molecule is Cc1cc(N2CC(C(=O)N3CC(O)C3)CC2=O)ccc1F. The Labute approximate surface area is 122 Å². The van der Waals surface area contributed by atoms with Crippen molar-refractivity contribution in [3.8, 4) is 0 Å². The number of β-amino-alcohol motifs (C(OH)–C–C–N with tert-alkyl or cyclic N) is 1. The molecular formula is C15H17FN2O3. The number of aliphatic hydroxyl groups is 1. The molecule has 6 heteroatoms. The summed E-state index contributed by atoms with van der Waals surface area (Å²) in [5.41, 5.74) is 1.10. The summed E-state index contributed by atoms with van der Waals surface area (Å²) in [5, 5.41) is 9.24. The largest absolute Gasteiger partial charge is 0.389 e. The number of halogens is 1. The van der Waals surface area contributed by atoms with Crippen molar-refractivity contribution in [2.45, 2.75) is 19.4 Å². The Kier molecular flexibility index (Phi) is 3.41. The standard InChI is InChI=1S/C15H17FN2O3/c1-9-4-11(2-3-13(9)16)18-6-10(5-14(18)20)15(21)17-7-12(19)8-17/h2-4,10,12,19H,5-8H2,1H3. The lowest BCUT2D eigenvalue weighted by atomic mass is 10.0. The Hall–Kier alpha value is -1.95. The molecular weight excluding hydrogens is 275 g/mol. The zero-order valence-corrected chi connectivity index (χ0v) is 11.8. The van der Waals surface area contributed by atoms with Gasteiger partial charge in [-0.2, -0.15) is 0 Å². The number of hydrogen-bond donors (Lipinski definition) is 1. The fourth-order valence-corrected chi connectivity index (χ4v) is 2.81. The van der Waals surface area contributed by atoms with Crippen molar-refractivity contribution in [1.82, 2.24) is 4.90 Å². The molecule has 2 fully saturated rings. The summed E-state index contributed by atoms with van der Waals surface area (Å²) in [6.45, 7) is 2.65. The molecule has 5 nitrogen and oxygen atoms in total. The number of benzene rings is 1. The molecule has 1 atom stereocenters. The summed E-state index contributed by atoms with van der Waals surface area (Å²) in [5.74, 6) is -0.904. The Morgan fingerprint density at radius 3 is 2.67 bits per heavy atom. The van der Waals surface area contributed by atoms with Gasteiger partial charge in [-0.15, -0.1) is 0 Å². The first kappa shape index (κ1) is 14.0. The summed E-state index contributed by atoms with van der Waals surface area (Å²) in [6.07, 6.45) is -0.274. The van der Waals surface area contributed by atoms with E-state index in [4.69, 9.17) is 0 Å². The minimum atomic E-state index is -0.443. The van der Waals surface area contributed by atoms with E-state index in [-0.39, 0.29) is 30.0 Å². The molecule has 0 aliphatic carbocycles. The second-order valence-corrected chi connectivity index (χ2v) is 5.74. The first-order valence-electron chi connectivity index (χ1n) is 6.99. The van der Waals surface area contributed by atoms with Crippen LogP contribution in [0.3, 0.4) is 0 Å². The van der Waals surface area contributed by atoms with Gasteiger partial charge in [0.25, 0.3) is 0 Å². The number of likely N-dealkylation sites (tertiary alicyclic amines) is 1. The number of aryl methyl sites for hydroxylation is 1. The summed E-state index contributed by atoms with van der Waals surface area (Å²) in [6, 6.07) is 4.51. The van der Waals surface area contributed by atoms with E-state index >= 15 is 0 Å². The molecule has 1 unspecified atom stereocenters. The monoisotopic (exact) mass is 292 g/mol. The molecule has 0 aromatic heterocycles. The van der Waals surface area contributed by atoms with Crippen LogP contribution in [0, 0.1) is 18.7 Å². The average Bonchev–Trinajstić information content (AvgIpc) is 2.80. The first-order chi connectivity index (χ1) is 9.95. The zero-order valence-electron chi connectivity index (χ0n) is 11.8. The quantitative estimate of drug-likeness (QED) is 0.872. The van der Waals surface area contributed by atoms with Crippen LogP contribution in [-0.4, -0.2) is 47.6 Å². The van der Waals surface area contributed by atoms with Crippen LogP contribution < -0.4 is 4.90 Å². The number of carbonyl (C=O) groups excluding carboxylic acids is 2. The molecule has 2 aliphatic rings. The average molecular weight is 292 g/mol.